The molecular weight excluding hydrogens is 226 g/mol. The number of aromatic amines is 1. The summed E-state index contributed by atoms with van der Waals surface area (Å²) in [5, 5.41) is 1.11. The fraction of sp³-hybridized carbons (Fsp3) is 0. The predicted molar refractivity (Wildman–Crippen MR) is 70.0 cm³/mol. The van der Waals surface area contributed by atoms with Crippen molar-refractivity contribution in [1.29, 1.82) is 0 Å². The van der Waals surface area contributed by atoms with Crippen LogP contribution in [0, 0.1) is 0 Å². The number of nitrogens with two attached hydrogens (primary N) is 1. The van der Waals surface area contributed by atoms with Gasteiger partial charge in [-0.15, -0.1) is 0 Å². The zero-order valence-electron chi connectivity index (χ0n) is 9.55. The van der Waals surface area contributed by atoms with Crippen LogP contribution in [0.15, 0.2) is 48.7 Å². The van der Waals surface area contributed by atoms with Crippen molar-refractivity contribution in [3.8, 4) is 11.3 Å². The lowest BCUT2D eigenvalue weighted by atomic mass is 10.1. The van der Waals surface area contributed by atoms with Gasteiger partial charge in [0.2, 0.25) is 0 Å². The summed E-state index contributed by atoms with van der Waals surface area (Å²) in [6.45, 7) is 0. The van der Waals surface area contributed by atoms with Crippen molar-refractivity contribution in [3.05, 3.63) is 54.4 Å². The number of fused-ring (bicyclic) bond motifs is 1. The number of hydrogen-bond donors (Lipinski definition) is 2. The second kappa shape index (κ2) is 4.00. The third-order valence-corrected chi connectivity index (χ3v) is 2.85. The minimum absolute atomic E-state index is 0.279. The van der Waals surface area contributed by atoms with Gasteiger partial charge < -0.3 is 10.7 Å². The molecule has 88 valence electrons. The highest BCUT2D eigenvalue weighted by Gasteiger charge is 2.05. The second-order valence-corrected chi connectivity index (χ2v) is 4.05. The fourth-order valence-electron chi connectivity index (χ4n) is 1.95. The summed E-state index contributed by atoms with van der Waals surface area (Å²) in [5.74, 6) is -0.514. The number of carbonyl (C=O) groups excluding carboxylic acids is 1. The average molecular weight is 237 g/mol. The zero-order chi connectivity index (χ0) is 12.5. The van der Waals surface area contributed by atoms with Crippen LogP contribution in [0.3, 0.4) is 0 Å². The van der Waals surface area contributed by atoms with Crippen LogP contribution in [-0.4, -0.2) is 15.9 Å². The largest absolute Gasteiger partial charge is 0.364 e. The number of H-pyrrole nitrogens is 1. The van der Waals surface area contributed by atoms with Crippen molar-refractivity contribution in [2.75, 3.05) is 0 Å². The van der Waals surface area contributed by atoms with Crippen molar-refractivity contribution < 1.29 is 4.79 Å². The number of rotatable bonds is 2. The SMILES string of the molecule is NC(=O)c1cccc(-c2ccc3[nH]ccc3c2)n1. The number of benzene rings is 1. The molecule has 1 aromatic carbocycles. The minimum atomic E-state index is -0.514. The van der Waals surface area contributed by atoms with Crippen LogP contribution in [0.4, 0.5) is 0 Å². The van der Waals surface area contributed by atoms with Crippen LogP contribution in [-0.2, 0) is 0 Å². The van der Waals surface area contributed by atoms with Gasteiger partial charge in [-0.3, -0.25) is 4.79 Å². The van der Waals surface area contributed by atoms with E-state index < -0.39 is 5.91 Å². The molecule has 18 heavy (non-hydrogen) atoms. The molecule has 2 aromatic heterocycles. The van der Waals surface area contributed by atoms with Gasteiger partial charge in [0.15, 0.2) is 0 Å². The maximum Gasteiger partial charge on any atom is 0.267 e. The van der Waals surface area contributed by atoms with Gasteiger partial charge in [0.25, 0.3) is 5.91 Å². The van der Waals surface area contributed by atoms with Crippen LogP contribution in [0.2, 0.25) is 0 Å². The van der Waals surface area contributed by atoms with E-state index >= 15 is 0 Å². The lowest BCUT2D eigenvalue weighted by Gasteiger charge is -2.02. The Morgan fingerprint density at radius 3 is 2.89 bits per heavy atom. The van der Waals surface area contributed by atoms with Gasteiger partial charge in [0.1, 0.15) is 5.69 Å². The Kier molecular flexibility index (Phi) is 2.34. The molecule has 1 amide bonds. The number of primary amides is 1. The van der Waals surface area contributed by atoms with E-state index in [-0.39, 0.29) is 5.69 Å². The summed E-state index contributed by atoms with van der Waals surface area (Å²) in [6, 6.07) is 13.2. The Labute approximate surface area is 103 Å². The van der Waals surface area contributed by atoms with Crippen LogP contribution < -0.4 is 5.73 Å². The molecule has 0 spiro atoms. The lowest BCUT2D eigenvalue weighted by molar-refractivity contribution is 0.0995. The van der Waals surface area contributed by atoms with Gasteiger partial charge >= 0.3 is 0 Å². The van der Waals surface area contributed by atoms with Gasteiger partial charge in [0.05, 0.1) is 5.69 Å². The lowest BCUT2D eigenvalue weighted by Crippen LogP contribution is -2.12. The number of amides is 1. The molecule has 0 atom stereocenters. The Morgan fingerprint density at radius 1 is 1.17 bits per heavy atom. The molecule has 0 aliphatic carbocycles. The molecular formula is C14H11N3O. The molecule has 3 N–H and O–H groups in total. The minimum Gasteiger partial charge on any atom is -0.364 e. The standard InChI is InChI=1S/C14H11N3O/c15-14(18)13-3-1-2-12(17-13)9-4-5-11-10(8-9)6-7-16-11/h1-8,16H,(H2,15,18). The van der Waals surface area contributed by atoms with Crippen molar-refractivity contribution in [2.45, 2.75) is 0 Å². The monoisotopic (exact) mass is 237 g/mol. The van der Waals surface area contributed by atoms with E-state index in [9.17, 15) is 4.79 Å². The Bertz CT molecular complexity index is 730. The number of nitrogens with one attached hydrogen (secondary N) is 1. The van der Waals surface area contributed by atoms with E-state index in [1.165, 1.54) is 0 Å². The Balaban J connectivity index is 2.13. The maximum atomic E-state index is 11.1. The normalized spacial score (nSPS) is 10.7. The van der Waals surface area contributed by atoms with Gasteiger partial charge in [-0.25, -0.2) is 4.98 Å². The number of aromatic nitrogens is 2. The number of carbonyl (C=O) groups is 1. The molecule has 0 saturated carbocycles. The smallest absolute Gasteiger partial charge is 0.267 e. The number of nitrogens with zero attached hydrogens (tertiary/aromatic N) is 1. The quantitative estimate of drug-likeness (QED) is 0.718. The van der Waals surface area contributed by atoms with E-state index in [2.05, 4.69) is 9.97 Å². The first-order valence-corrected chi connectivity index (χ1v) is 5.58. The molecule has 0 radical (unpaired) electrons. The molecule has 0 fully saturated rings. The Morgan fingerprint density at radius 2 is 2.06 bits per heavy atom. The maximum absolute atomic E-state index is 11.1. The summed E-state index contributed by atoms with van der Waals surface area (Å²) >= 11 is 0. The third kappa shape index (κ3) is 1.73. The van der Waals surface area contributed by atoms with E-state index in [0.29, 0.717) is 0 Å². The molecule has 4 heteroatoms. The highest BCUT2D eigenvalue weighted by Crippen LogP contribution is 2.22. The molecule has 3 rings (SSSR count). The predicted octanol–water partition coefficient (Wildman–Crippen LogP) is 2.33. The van der Waals surface area contributed by atoms with E-state index in [4.69, 9.17) is 5.73 Å². The molecule has 0 unspecified atom stereocenters. The van der Waals surface area contributed by atoms with Crippen molar-refractivity contribution >= 4 is 16.8 Å². The third-order valence-electron chi connectivity index (χ3n) is 2.85. The topological polar surface area (TPSA) is 71.8 Å². The summed E-state index contributed by atoms with van der Waals surface area (Å²) in [4.78, 5) is 18.5. The molecule has 0 aliphatic heterocycles. The van der Waals surface area contributed by atoms with Gasteiger partial charge in [-0.2, -0.15) is 0 Å². The van der Waals surface area contributed by atoms with Crippen LogP contribution in [0.5, 0.6) is 0 Å². The molecule has 0 bridgehead atoms. The zero-order valence-corrected chi connectivity index (χ0v) is 9.55. The van der Waals surface area contributed by atoms with E-state index in [0.717, 1.165) is 22.2 Å². The fourth-order valence-corrected chi connectivity index (χ4v) is 1.95. The van der Waals surface area contributed by atoms with Crippen molar-refractivity contribution in [3.63, 3.8) is 0 Å². The summed E-state index contributed by atoms with van der Waals surface area (Å²) in [6.07, 6.45) is 1.89. The summed E-state index contributed by atoms with van der Waals surface area (Å²) in [7, 11) is 0. The molecule has 4 nitrogen and oxygen atoms in total. The highest BCUT2D eigenvalue weighted by atomic mass is 16.1. The summed E-state index contributed by atoms with van der Waals surface area (Å²) < 4.78 is 0. The molecule has 3 aromatic rings. The van der Waals surface area contributed by atoms with Gasteiger partial charge in [-0.1, -0.05) is 12.1 Å². The van der Waals surface area contributed by atoms with Crippen molar-refractivity contribution in [1.82, 2.24) is 9.97 Å². The van der Waals surface area contributed by atoms with E-state index in [1.54, 1.807) is 12.1 Å². The van der Waals surface area contributed by atoms with Gasteiger partial charge in [0, 0.05) is 22.7 Å². The summed E-state index contributed by atoms with van der Waals surface area (Å²) in [5.41, 5.74) is 8.29. The second-order valence-electron chi connectivity index (χ2n) is 4.05. The first-order chi connectivity index (χ1) is 8.74. The van der Waals surface area contributed by atoms with Gasteiger partial charge in [-0.05, 0) is 30.3 Å². The highest BCUT2D eigenvalue weighted by molar-refractivity contribution is 5.91. The van der Waals surface area contributed by atoms with Crippen LogP contribution in [0.1, 0.15) is 10.5 Å². The Hall–Kier alpha value is -2.62. The van der Waals surface area contributed by atoms with E-state index in [1.807, 2.05) is 36.5 Å². The number of hydrogen-bond acceptors (Lipinski definition) is 2. The van der Waals surface area contributed by atoms with Crippen molar-refractivity contribution in [2.24, 2.45) is 5.73 Å². The van der Waals surface area contributed by atoms with Crippen LogP contribution in [0.25, 0.3) is 22.2 Å². The molecule has 0 aliphatic rings. The van der Waals surface area contributed by atoms with Crippen LogP contribution >= 0.6 is 0 Å². The molecule has 2 heterocycles. The average Bonchev–Trinajstić information content (AvgIpc) is 2.86. The first kappa shape index (κ1) is 10.5. The number of pyridine rings is 1. The molecule has 0 saturated heterocycles. The first-order valence-electron chi connectivity index (χ1n) is 5.58.